The largest absolute Gasteiger partial charge is 0.332 e. The van der Waals surface area contributed by atoms with E-state index in [9.17, 15) is 13.6 Å². The summed E-state index contributed by atoms with van der Waals surface area (Å²) in [5.41, 5.74) is 7.49. The molecule has 6 heteroatoms. The minimum absolute atomic E-state index is 0.00528. The van der Waals surface area contributed by atoms with Gasteiger partial charge in [-0.05, 0) is 10.6 Å². The van der Waals surface area contributed by atoms with E-state index in [1.165, 1.54) is 0 Å². The van der Waals surface area contributed by atoms with Crippen molar-refractivity contribution < 1.29 is 13.6 Å². The van der Waals surface area contributed by atoms with Crippen LogP contribution in [0.25, 0.3) is 10.4 Å². The zero-order valence-electron chi connectivity index (χ0n) is 4.29. The van der Waals surface area contributed by atoms with Crippen LogP contribution in [0, 0.1) is 0 Å². The van der Waals surface area contributed by atoms with Crippen molar-refractivity contribution in [2.24, 2.45) is 5.11 Å². The van der Waals surface area contributed by atoms with E-state index < -0.39 is 12.5 Å². The molecule has 0 saturated heterocycles. The first-order valence-electron chi connectivity index (χ1n) is 2.00. The van der Waals surface area contributed by atoms with Crippen molar-refractivity contribution in [3.05, 3.63) is 10.4 Å². The minimum Gasteiger partial charge on any atom is -0.303 e. The number of hydrogen-bond acceptors (Lipinski definition) is 2. The number of azide groups is 1. The van der Waals surface area contributed by atoms with Gasteiger partial charge in [0.2, 0.25) is 0 Å². The van der Waals surface area contributed by atoms with Crippen LogP contribution in [0.2, 0.25) is 0 Å². The summed E-state index contributed by atoms with van der Waals surface area (Å²) in [5.74, 6) is 0. The monoisotopic (exact) mass is 135 g/mol. The van der Waals surface area contributed by atoms with Gasteiger partial charge in [-0.3, -0.25) is 0 Å². The fourth-order valence-corrected chi connectivity index (χ4v) is 0.207. The van der Waals surface area contributed by atoms with Gasteiger partial charge < -0.3 is 4.79 Å². The van der Waals surface area contributed by atoms with Crippen LogP contribution in [0.5, 0.6) is 0 Å². The first kappa shape index (κ1) is 7.84. The molecule has 9 heavy (non-hydrogen) atoms. The SMILES string of the molecule is [N-]=[N+]=NC(F)(F)CC=O. The second-order valence-electron chi connectivity index (χ2n) is 1.23. The van der Waals surface area contributed by atoms with Gasteiger partial charge in [0.05, 0.1) is 6.42 Å². The van der Waals surface area contributed by atoms with Crippen LogP contribution >= 0.6 is 0 Å². The molecule has 0 aromatic heterocycles. The van der Waals surface area contributed by atoms with E-state index in [1.54, 1.807) is 0 Å². The number of alkyl halides is 2. The zero-order valence-corrected chi connectivity index (χ0v) is 4.29. The number of halogens is 2. The maximum atomic E-state index is 11.8. The third-order valence-electron chi connectivity index (χ3n) is 0.520. The molecule has 0 aromatic rings. The average molecular weight is 135 g/mol. The third kappa shape index (κ3) is 3.42. The molecule has 50 valence electrons. The normalized spacial score (nSPS) is 10.0. The van der Waals surface area contributed by atoms with Gasteiger partial charge in [0.15, 0.2) is 0 Å². The highest BCUT2D eigenvalue weighted by molar-refractivity contribution is 5.50. The smallest absolute Gasteiger partial charge is 0.303 e. The molecule has 0 atom stereocenters. The topological polar surface area (TPSA) is 65.8 Å². The van der Waals surface area contributed by atoms with Crippen molar-refractivity contribution >= 4 is 6.29 Å². The van der Waals surface area contributed by atoms with Crippen molar-refractivity contribution in [2.75, 3.05) is 0 Å². The van der Waals surface area contributed by atoms with E-state index >= 15 is 0 Å². The summed E-state index contributed by atoms with van der Waals surface area (Å²) in [7, 11) is 0. The lowest BCUT2D eigenvalue weighted by Crippen LogP contribution is -2.10. The molecule has 4 nitrogen and oxygen atoms in total. The number of rotatable bonds is 3. The van der Waals surface area contributed by atoms with Gasteiger partial charge in [0, 0.05) is 4.91 Å². The highest BCUT2D eigenvalue weighted by Crippen LogP contribution is 2.17. The lowest BCUT2D eigenvalue weighted by atomic mass is 10.4. The molecule has 0 aromatic carbocycles. The van der Waals surface area contributed by atoms with Crippen molar-refractivity contribution in [3.63, 3.8) is 0 Å². The Hall–Kier alpha value is -1.16. The molecule has 0 rings (SSSR count). The molecular formula is C3H3F2N3O. The molecule has 0 heterocycles. The Kier molecular flexibility index (Phi) is 2.60. The summed E-state index contributed by atoms with van der Waals surface area (Å²) < 4.78 is 23.5. The first-order valence-corrected chi connectivity index (χ1v) is 2.00. The van der Waals surface area contributed by atoms with Crippen molar-refractivity contribution in [1.82, 2.24) is 0 Å². The Balaban J connectivity index is 3.99. The van der Waals surface area contributed by atoms with Gasteiger partial charge in [-0.1, -0.05) is 0 Å². The Morgan fingerprint density at radius 3 is 2.67 bits per heavy atom. The zero-order chi connectivity index (χ0) is 7.33. The van der Waals surface area contributed by atoms with Crippen LogP contribution in [0.15, 0.2) is 5.11 Å². The van der Waals surface area contributed by atoms with Gasteiger partial charge >= 0.3 is 6.05 Å². The molecule has 0 amide bonds. The van der Waals surface area contributed by atoms with E-state index in [2.05, 4.69) is 5.11 Å². The molecule has 0 spiro atoms. The van der Waals surface area contributed by atoms with Gasteiger partial charge in [0.25, 0.3) is 0 Å². The predicted octanol–water partition coefficient (Wildman–Crippen LogP) is 1.48. The molecule has 0 N–H and O–H groups in total. The van der Waals surface area contributed by atoms with Gasteiger partial charge in [-0.25, -0.2) is 0 Å². The number of hydrogen-bond donors (Lipinski definition) is 0. The quantitative estimate of drug-likeness (QED) is 0.190. The molecule has 0 unspecified atom stereocenters. The summed E-state index contributed by atoms with van der Waals surface area (Å²) in [4.78, 5) is 11.3. The molecule has 0 bridgehead atoms. The fourth-order valence-electron chi connectivity index (χ4n) is 0.207. The maximum absolute atomic E-state index is 11.8. The van der Waals surface area contributed by atoms with E-state index in [0.29, 0.717) is 0 Å². The summed E-state index contributed by atoms with van der Waals surface area (Å²) in [6, 6.07) is -3.56. The Labute approximate surface area is 49.1 Å². The fraction of sp³-hybridized carbons (Fsp3) is 0.667. The molecular weight excluding hydrogens is 132 g/mol. The summed E-state index contributed by atoms with van der Waals surface area (Å²) in [6.45, 7) is 0. The molecule has 0 saturated carbocycles. The second-order valence-corrected chi connectivity index (χ2v) is 1.23. The Morgan fingerprint density at radius 2 is 2.33 bits per heavy atom. The second kappa shape index (κ2) is 2.99. The van der Waals surface area contributed by atoms with Crippen molar-refractivity contribution in [1.29, 1.82) is 0 Å². The Bertz CT molecular complexity index is 151. The van der Waals surface area contributed by atoms with Crippen LogP contribution < -0.4 is 0 Å². The lowest BCUT2D eigenvalue weighted by Gasteiger charge is -2.01. The highest BCUT2D eigenvalue weighted by atomic mass is 19.3. The molecule has 0 aliphatic rings. The molecule has 0 aliphatic heterocycles. The molecule has 0 aliphatic carbocycles. The molecule has 0 radical (unpaired) electrons. The highest BCUT2D eigenvalue weighted by Gasteiger charge is 2.25. The van der Waals surface area contributed by atoms with Crippen LogP contribution in [0.1, 0.15) is 6.42 Å². The summed E-state index contributed by atoms with van der Waals surface area (Å²) in [5, 5.41) is 2.06. The van der Waals surface area contributed by atoms with E-state index in [1.807, 2.05) is 4.91 Å². The minimum atomic E-state index is -3.56. The predicted molar refractivity (Wildman–Crippen MR) is 24.8 cm³/mol. The number of carbonyl (C=O) groups is 1. The van der Waals surface area contributed by atoms with Crippen LogP contribution in [-0.4, -0.2) is 12.3 Å². The van der Waals surface area contributed by atoms with Gasteiger partial charge in [-0.2, -0.15) is 8.78 Å². The van der Waals surface area contributed by atoms with Gasteiger partial charge in [-0.15, -0.1) is 0 Å². The van der Waals surface area contributed by atoms with E-state index in [-0.39, 0.29) is 6.29 Å². The third-order valence-corrected chi connectivity index (χ3v) is 0.520. The van der Waals surface area contributed by atoms with E-state index in [4.69, 9.17) is 5.53 Å². The number of aldehydes is 1. The van der Waals surface area contributed by atoms with Crippen LogP contribution in [0.4, 0.5) is 8.78 Å². The van der Waals surface area contributed by atoms with Crippen LogP contribution in [-0.2, 0) is 4.79 Å². The Morgan fingerprint density at radius 1 is 1.78 bits per heavy atom. The first-order chi connectivity index (χ1) is 4.12. The number of nitrogens with zero attached hydrogens (tertiary/aromatic N) is 3. The lowest BCUT2D eigenvalue weighted by molar-refractivity contribution is -0.114. The summed E-state index contributed by atoms with van der Waals surface area (Å²) >= 11 is 0. The standard InChI is InChI=1S/C3H3F2N3O/c4-3(5,1-2-9)7-8-6/h2H,1H2. The van der Waals surface area contributed by atoms with Crippen molar-refractivity contribution in [2.45, 2.75) is 12.5 Å². The maximum Gasteiger partial charge on any atom is 0.332 e. The average Bonchev–Trinajstić information content (AvgIpc) is 1.64. The van der Waals surface area contributed by atoms with E-state index in [0.717, 1.165) is 0 Å². The van der Waals surface area contributed by atoms with Crippen molar-refractivity contribution in [3.8, 4) is 0 Å². The molecule has 0 fully saturated rings. The number of carbonyl (C=O) groups excluding carboxylic acids is 1. The summed E-state index contributed by atoms with van der Waals surface area (Å²) in [6.07, 6.45) is -1.06. The van der Waals surface area contributed by atoms with Crippen LogP contribution in [0.3, 0.4) is 0 Å². The van der Waals surface area contributed by atoms with Gasteiger partial charge in [0.1, 0.15) is 6.29 Å².